The van der Waals surface area contributed by atoms with Gasteiger partial charge in [-0.15, -0.1) is 0 Å². The van der Waals surface area contributed by atoms with Crippen LogP contribution < -0.4 is 11.0 Å². The molecule has 6 nitrogen and oxygen atoms in total. The number of halogens is 1. The maximum atomic E-state index is 13.4. The molecule has 1 aliphatic heterocycles. The van der Waals surface area contributed by atoms with E-state index in [-0.39, 0.29) is 18.1 Å². The lowest BCUT2D eigenvalue weighted by Crippen LogP contribution is -2.42. The molecule has 0 saturated carbocycles. The fourth-order valence-corrected chi connectivity index (χ4v) is 2.91. The van der Waals surface area contributed by atoms with Crippen molar-refractivity contribution in [1.29, 1.82) is 0 Å². The van der Waals surface area contributed by atoms with Crippen molar-refractivity contribution < 1.29 is 13.9 Å². The van der Waals surface area contributed by atoms with Crippen molar-refractivity contribution in [3.05, 3.63) is 34.2 Å². The van der Waals surface area contributed by atoms with Gasteiger partial charge in [0.25, 0.3) is 5.91 Å². The fourth-order valence-electron chi connectivity index (χ4n) is 2.91. The number of nitrogens with one attached hydrogen (secondary N) is 2. The summed E-state index contributed by atoms with van der Waals surface area (Å²) < 4.78 is 20.1. The van der Waals surface area contributed by atoms with Crippen LogP contribution in [0.15, 0.2) is 23.0 Å². The fraction of sp³-hybridized carbons (Fsp3) is 0.500. The summed E-state index contributed by atoms with van der Waals surface area (Å²) in [7, 11) is 1.66. The summed E-state index contributed by atoms with van der Waals surface area (Å²) in [5.74, 6) is -0.268. The first-order valence-electron chi connectivity index (χ1n) is 7.65. The monoisotopic (exact) mass is 321 g/mol. The van der Waals surface area contributed by atoms with Crippen LogP contribution >= 0.6 is 0 Å². The van der Waals surface area contributed by atoms with Crippen molar-refractivity contribution in [3.8, 4) is 0 Å². The minimum atomic E-state index is -0.529. The molecule has 1 aliphatic rings. The number of imidazole rings is 1. The van der Waals surface area contributed by atoms with Crippen molar-refractivity contribution >= 4 is 16.9 Å². The molecule has 0 bridgehead atoms. The molecule has 1 saturated heterocycles. The third kappa shape index (κ3) is 3.01. The van der Waals surface area contributed by atoms with E-state index in [4.69, 9.17) is 4.74 Å². The number of aromatic nitrogens is 2. The molecule has 1 amide bonds. The molecule has 2 aromatic rings. The van der Waals surface area contributed by atoms with Crippen molar-refractivity contribution in [2.45, 2.75) is 12.8 Å². The van der Waals surface area contributed by atoms with Crippen LogP contribution in [0.3, 0.4) is 0 Å². The number of aryl methyl sites for hydroxylation is 1. The van der Waals surface area contributed by atoms with Gasteiger partial charge in [0.15, 0.2) is 0 Å². The molecular formula is C16H20FN3O3. The van der Waals surface area contributed by atoms with Gasteiger partial charge < -0.3 is 15.0 Å². The lowest BCUT2D eigenvalue weighted by atomic mass is 9.81. The normalized spacial score (nSPS) is 17.3. The first-order valence-corrected chi connectivity index (χ1v) is 7.65. The van der Waals surface area contributed by atoms with Gasteiger partial charge in [0.05, 0.1) is 17.7 Å². The quantitative estimate of drug-likeness (QED) is 0.893. The average Bonchev–Trinajstić information content (AvgIpc) is 2.87. The van der Waals surface area contributed by atoms with Crippen LogP contribution in [0.5, 0.6) is 0 Å². The zero-order chi connectivity index (χ0) is 16.4. The molecule has 0 atom stereocenters. The van der Waals surface area contributed by atoms with Gasteiger partial charge in [0.2, 0.25) is 0 Å². The predicted molar refractivity (Wildman–Crippen MR) is 84.3 cm³/mol. The maximum Gasteiger partial charge on any atom is 0.326 e. The van der Waals surface area contributed by atoms with Crippen LogP contribution in [0.4, 0.5) is 4.39 Å². The molecule has 23 heavy (non-hydrogen) atoms. The van der Waals surface area contributed by atoms with Crippen LogP contribution in [-0.4, -0.2) is 41.9 Å². The zero-order valence-electron chi connectivity index (χ0n) is 13.0. The highest BCUT2D eigenvalue weighted by molar-refractivity contribution is 5.97. The first-order chi connectivity index (χ1) is 11.0. The average molecular weight is 321 g/mol. The number of alkyl halides is 1. The smallest absolute Gasteiger partial charge is 0.326 e. The molecule has 7 heteroatoms. The number of hydrogen-bond donors (Lipinski definition) is 2. The van der Waals surface area contributed by atoms with Gasteiger partial charge in [-0.05, 0) is 31.0 Å². The van der Waals surface area contributed by atoms with E-state index in [0.717, 1.165) is 5.52 Å². The number of amides is 1. The van der Waals surface area contributed by atoms with Crippen molar-refractivity contribution in [3.63, 3.8) is 0 Å². The van der Waals surface area contributed by atoms with E-state index in [2.05, 4.69) is 10.3 Å². The highest BCUT2D eigenvalue weighted by Crippen LogP contribution is 2.30. The Labute approximate surface area is 132 Å². The molecule has 2 heterocycles. The number of ether oxygens (including phenoxy) is 1. The predicted octanol–water partition coefficient (Wildman–Crippen LogP) is 1.36. The Bertz CT molecular complexity index is 774. The number of nitrogens with zero attached hydrogens (tertiary/aromatic N) is 1. The van der Waals surface area contributed by atoms with Crippen molar-refractivity contribution in [2.75, 3.05) is 26.4 Å². The number of carbonyl (C=O) groups is 1. The Kier molecular flexibility index (Phi) is 4.21. The Balaban J connectivity index is 1.74. The highest BCUT2D eigenvalue weighted by Gasteiger charge is 2.33. The number of H-pyrrole nitrogens is 1. The summed E-state index contributed by atoms with van der Waals surface area (Å²) in [6.07, 6.45) is 1.21. The molecule has 0 aliphatic carbocycles. The van der Waals surface area contributed by atoms with Gasteiger partial charge in [0.1, 0.15) is 0 Å². The second-order valence-electron chi connectivity index (χ2n) is 6.15. The van der Waals surface area contributed by atoms with Crippen LogP contribution in [0.25, 0.3) is 11.0 Å². The standard InChI is InChI=1S/C16H20FN3O3/c1-20-13-3-2-11(8-12(13)19-15(20)22)14(21)18-10-16(9-17)4-6-23-7-5-16/h2-3,8H,4-7,9-10H2,1H3,(H,18,21)(H,19,22). The van der Waals surface area contributed by atoms with Gasteiger partial charge in [-0.2, -0.15) is 0 Å². The molecule has 1 aromatic carbocycles. The molecule has 0 unspecified atom stereocenters. The van der Waals surface area contributed by atoms with Crippen LogP contribution in [0.2, 0.25) is 0 Å². The molecule has 1 fully saturated rings. The van der Waals surface area contributed by atoms with Crippen LogP contribution in [0.1, 0.15) is 23.2 Å². The van der Waals surface area contributed by atoms with E-state index in [1.54, 1.807) is 25.2 Å². The van der Waals surface area contributed by atoms with E-state index in [1.165, 1.54) is 4.57 Å². The topological polar surface area (TPSA) is 76.1 Å². The lowest BCUT2D eigenvalue weighted by Gasteiger charge is -2.34. The summed E-state index contributed by atoms with van der Waals surface area (Å²) in [6.45, 7) is 0.866. The highest BCUT2D eigenvalue weighted by atomic mass is 19.1. The first kappa shape index (κ1) is 15.7. The second kappa shape index (κ2) is 6.16. The molecule has 3 rings (SSSR count). The van der Waals surface area contributed by atoms with Crippen molar-refractivity contribution in [2.24, 2.45) is 12.5 Å². The Morgan fingerprint density at radius 2 is 2.17 bits per heavy atom. The van der Waals surface area contributed by atoms with E-state index in [1.807, 2.05) is 0 Å². The third-order valence-corrected chi connectivity index (χ3v) is 4.63. The summed E-state index contributed by atoms with van der Waals surface area (Å²) >= 11 is 0. The second-order valence-corrected chi connectivity index (χ2v) is 6.15. The zero-order valence-corrected chi connectivity index (χ0v) is 13.0. The largest absolute Gasteiger partial charge is 0.381 e. The lowest BCUT2D eigenvalue weighted by molar-refractivity contribution is 0.00261. The molecule has 0 radical (unpaired) electrons. The molecular weight excluding hydrogens is 301 g/mol. The van der Waals surface area contributed by atoms with Gasteiger partial charge in [-0.3, -0.25) is 13.8 Å². The van der Waals surface area contributed by atoms with Gasteiger partial charge >= 0.3 is 5.69 Å². The van der Waals surface area contributed by atoms with E-state index < -0.39 is 12.1 Å². The summed E-state index contributed by atoms with van der Waals surface area (Å²) in [5.41, 5.74) is 1.03. The van der Waals surface area contributed by atoms with E-state index in [9.17, 15) is 14.0 Å². The van der Waals surface area contributed by atoms with Gasteiger partial charge in [0, 0.05) is 37.8 Å². The third-order valence-electron chi connectivity index (χ3n) is 4.63. The minimum Gasteiger partial charge on any atom is -0.381 e. The molecule has 1 aromatic heterocycles. The Morgan fingerprint density at radius 1 is 1.43 bits per heavy atom. The Morgan fingerprint density at radius 3 is 2.87 bits per heavy atom. The van der Waals surface area contributed by atoms with Gasteiger partial charge in [-0.25, -0.2) is 4.79 Å². The SMILES string of the molecule is Cn1c(=O)[nH]c2cc(C(=O)NCC3(CF)CCOCC3)ccc21. The van der Waals surface area contributed by atoms with Crippen LogP contribution in [0, 0.1) is 5.41 Å². The number of benzene rings is 1. The minimum absolute atomic E-state index is 0.226. The molecule has 124 valence electrons. The summed E-state index contributed by atoms with van der Waals surface area (Å²) in [5, 5.41) is 2.81. The summed E-state index contributed by atoms with van der Waals surface area (Å²) in [6, 6.07) is 5.02. The molecule has 2 N–H and O–H groups in total. The summed E-state index contributed by atoms with van der Waals surface area (Å²) in [4.78, 5) is 26.6. The number of carbonyl (C=O) groups excluding carboxylic acids is 1. The van der Waals surface area contributed by atoms with E-state index >= 15 is 0 Å². The Hall–Kier alpha value is -2.15. The number of hydrogen-bond acceptors (Lipinski definition) is 3. The number of rotatable bonds is 4. The number of fused-ring (bicyclic) bond motifs is 1. The number of aromatic amines is 1. The van der Waals surface area contributed by atoms with E-state index in [0.29, 0.717) is 37.1 Å². The van der Waals surface area contributed by atoms with Crippen LogP contribution in [-0.2, 0) is 11.8 Å². The molecule has 0 spiro atoms. The van der Waals surface area contributed by atoms with Gasteiger partial charge in [-0.1, -0.05) is 0 Å². The maximum absolute atomic E-state index is 13.4. The van der Waals surface area contributed by atoms with Crippen molar-refractivity contribution in [1.82, 2.24) is 14.9 Å².